The Morgan fingerprint density at radius 3 is 2.18 bits per heavy atom. The number of aliphatic hydroxyl groups is 1. The minimum absolute atomic E-state index is 0.0914. The van der Waals surface area contributed by atoms with Crippen LogP contribution in [-0.2, 0) is 14.3 Å². The lowest BCUT2D eigenvalue weighted by atomic mass is 9.93. The molecule has 1 aliphatic heterocycles. The second kappa shape index (κ2) is 10.8. The summed E-state index contributed by atoms with van der Waals surface area (Å²) >= 11 is 0.912. The van der Waals surface area contributed by atoms with E-state index in [9.17, 15) is 19.5 Å². The van der Waals surface area contributed by atoms with Crippen LogP contribution in [0.5, 0.6) is 17.2 Å². The average Bonchev–Trinajstić information content (AvgIpc) is 3.44. The number of benzene rings is 2. The Kier molecular flexibility index (Phi) is 7.64. The van der Waals surface area contributed by atoms with Crippen molar-refractivity contribution in [3.8, 4) is 17.2 Å². The summed E-state index contributed by atoms with van der Waals surface area (Å²) in [6, 6.07) is 7.52. The van der Waals surface area contributed by atoms with E-state index < -0.39 is 23.7 Å². The van der Waals surface area contributed by atoms with Crippen molar-refractivity contribution in [2.75, 3.05) is 33.3 Å². The molecular weight excluding hydrogens is 524 g/mol. The number of anilines is 1. The fourth-order valence-corrected chi connectivity index (χ4v) is 5.52. The highest BCUT2D eigenvalue weighted by Gasteiger charge is 2.49. The van der Waals surface area contributed by atoms with Crippen molar-refractivity contribution in [2.45, 2.75) is 26.8 Å². The van der Waals surface area contributed by atoms with Gasteiger partial charge >= 0.3 is 11.9 Å². The van der Waals surface area contributed by atoms with Crippen molar-refractivity contribution in [1.82, 2.24) is 4.98 Å². The summed E-state index contributed by atoms with van der Waals surface area (Å²) in [5.41, 5.74) is 2.57. The second-order valence-corrected chi connectivity index (χ2v) is 9.83. The van der Waals surface area contributed by atoms with Gasteiger partial charge in [0.1, 0.15) is 10.6 Å². The van der Waals surface area contributed by atoms with E-state index in [0.29, 0.717) is 28.1 Å². The van der Waals surface area contributed by atoms with Crippen molar-refractivity contribution in [1.29, 1.82) is 0 Å². The first kappa shape index (κ1) is 27.6. The molecule has 1 fully saturated rings. The van der Waals surface area contributed by atoms with Gasteiger partial charge in [-0.2, -0.15) is 0 Å². The van der Waals surface area contributed by atoms with Crippen LogP contribution in [0.4, 0.5) is 5.13 Å². The number of carbonyl (C=O) groups excluding carboxylic acids is 3. The number of ether oxygens (including phenoxy) is 4. The first-order valence-electron chi connectivity index (χ1n) is 11.8. The van der Waals surface area contributed by atoms with Crippen LogP contribution in [0, 0.1) is 20.8 Å². The van der Waals surface area contributed by atoms with Crippen LogP contribution in [0.3, 0.4) is 0 Å². The van der Waals surface area contributed by atoms with Gasteiger partial charge in [0.15, 0.2) is 16.6 Å². The maximum Gasteiger partial charge on any atom is 0.350 e. The van der Waals surface area contributed by atoms with Crippen LogP contribution in [-0.4, -0.2) is 56.2 Å². The van der Waals surface area contributed by atoms with Crippen molar-refractivity contribution >= 4 is 39.9 Å². The van der Waals surface area contributed by atoms with Gasteiger partial charge in [-0.1, -0.05) is 29.0 Å². The predicted octanol–water partition coefficient (Wildman–Crippen LogP) is 4.51. The fourth-order valence-electron chi connectivity index (χ4n) is 4.51. The first-order chi connectivity index (χ1) is 18.6. The summed E-state index contributed by atoms with van der Waals surface area (Å²) in [5, 5.41) is 11.6. The topological polar surface area (TPSA) is 124 Å². The van der Waals surface area contributed by atoms with Crippen LogP contribution >= 0.6 is 11.3 Å². The number of thiazole rings is 1. The lowest BCUT2D eigenvalue weighted by Gasteiger charge is -2.25. The number of aliphatic hydroxyl groups excluding tert-OH is 1. The number of nitrogens with zero attached hydrogens (tertiary/aromatic N) is 2. The van der Waals surface area contributed by atoms with Gasteiger partial charge in [0.25, 0.3) is 5.78 Å². The highest BCUT2D eigenvalue weighted by atomic mass is 32.1. The molecule has 204 valence electrons. The molecule has 0 saturated carbocycles. The number of rotatable bonds is 7. The van der Waals surface area contributed by atoms with Gasteiger partial charge in [-0.25, -0.2) is 9.78 Å². The number of Topliss-reactive ketones (excluding diaryl/α,β-unsaturated/α-hetero) is 1. The monoisotopic (exact) mass is 552 g/mol. The number of aromatic nitrogens is 1. The Morgan fingerprint density at radius 2 is 1.62 bits per heavy atom. The molecule has 0 aliphatic carbocycles. The number of carbonyl (C=O) groups is 3. The Hall–Kier alpha value is -4.38. The number of hydrogen-bond acceptors (Lipinski definition) is 10. The normalized spacial score (nSPS) is 16.4. The van der Waals surface area contributed by atoms with Crippen molar-refractivity contribution in [3.05, 3.63) is 68.7 Å². The summed E-state index contributed by atoms with van der Waals surface area (Å²) in [5.74, 6) is -1.88. The summed E-state index contributed by atoms with van der Waals surface area (Å²) < 4.78 is 21.3. The van der Waals surface area contributed by atoms with E-state index >= 15 is 0 Å². The van der Waals surface area contributed by atoms with Crippen molar-refractivity contribution < 1.29 is 38.4 Å². The standard InChI is InChI=1S/C28H28N2O8S/c1-13-8-9-14(2)17(10-13)22(31)20-21(16-11-18(35-4)24(37-6)19(12-16)36-5)30(26(33)23(20)32)28-29-15(3)25(39-28)27(34)38-7/h8-12,21,31H,1-7H3. The minimum atomic E-state index is -1.13. The zero-order chi connectivity index (χ0) is 28.6. The third kappa shape index (κ3) is 4.69. The van der Waals surface area contributed by atoms with Gasteiger partial charge in [0.2, 0.25) is 5.75 Å². The van der Waals surface area contributed by atoms with E-state index in [-0.39, 0.29) is 32.8 Å². The summed E-state index contributed by atoms with van der Waals surface area (Å²) in [4.78, 5) is 45.2. The molecule has 39 heavy (non-hydrogen) atoms. The maximum absolute atomic E-state index is 13.6. The minimum Gasteiger partial charge on any atom is -0.507 e. The molecule has 1 amide bonds. The Balaban J connectivity index is 2.05. The molecule has 1 saturated heterocycles. The maximum atomic E-state index is 13.6. The molecule has 2 heterocycles. The zero-order valence-electron chi connectivity index (χ0n) is 22.6. The molecule has 0 bridgehead atoms. The molecule has 1 unspecified atom stereocenters. The Bertz CT molecular complexity index is 1500. The Morgan fingerprint density at radius 1 is 0.974 bits per heavy atom. The van der Waals surface area contributed by atoms with Crippen LogP contribution in [0.25, 0.3) is 5.76 Å². The molecule has 4 rings (SSSR count). The lowest BCUT2D eigenvalue weighted by molar-refractivity contribution is -0.132. The molecule has 1 N–H and O–H groups in total. The second-order valence-electron chi connectivity index (χ2n) is 8.85. The highest BCUT2D eigenvalue weighted by Crippen LogP contribution is 2.48. The zero-order valence-corrected chi connectivity index (χ0v) is 23.4. The van der Waals surface area contributed by atoms with Gasteiger partial charge in [0.05, 0.1) is 45.7 Å². The van der Waals surface area contributed by atoms with Gasteiger partial charge in [-0.15, -0.1) is 0 Å². The van der Waals surface area contributed by atoms with Crippen molar-refractivity contribution in [3.63, 3.8) is 0 Å². The van der Waals surface area contributed by atoms with Crippen LogP contribution in [0.15, 0.2) is 35.9 Å². The van der Waals surface area contributed by atoms with Crippen LogP contribution in [0.1, 0.15) is 43.7 Å². The molecule has 11 heteroatoms. The molecular formula is C28H28N2O8S. The number of hydrogen-bond donors (Lipinski definition) is 1. The van der Waals surface area contributed by atoms with Gasteiger partial charge in [-0.05, 0) is 50.1 Å². The number of methoxy groups -OCH3 is 4. The largest absolute Gasteiger partial charge is 0.507 e. The third-order valence-corrected chi connectivity index (χ3v) is 7.59. The molecule has 1 atom stereocenters. The SMILES string of the molecule is COC(=O)c1sc(N2C(=O)C(=O)C(=C(O)c3cc(C)ccc3C)C2c2cc(OC)c(OC)c(OC)c2)nc1C. The molecule has 0 radical (unpaired) electrons. The third-order valence-electron chi connectivity index (χ3n) is 6.46. The van der Waals surface area contributed by atoms with Crippen LogP contribution in [0.2, 0.25) is 0 Å². The van der Waals surface area contributed by atoms with Crippen LogP contribution < -0.4 is 19.1 Å². The number of aryl methyl sites for hydroxylation is 3. The average molecular weight is 553 g/mol. The summed E-state index contributed by atoms with van der Waals surface area (Å²) in [7, 11) is 5.59. The van der Waals surface area contributed by atoms with E-state index in [2.05, 4.69) is 4.98 Å². The number of amides is 1. The van der Waals surface area contributed by atoms with Crippen molar-refractivity contribution in [2.24, 2.45) is 0 Å². The van der Waals surface area contributed by atoms with E-state index in [1.54, 1.807) is 32.0 Å². The van der Waals surface area contributed by atoms with Gasteiger partial charge in [0, 0.05) is 5.56 Å². The molecule has 2 aromatic carbocycles. The first-order valence-corrected chi connectivity index (χ1v) is 12.6. The van der Waals surface area contributed by atoms with Gasteiger partial charge in [-0.3, -0.25) is 14.5 Å². The highest BCUT2D eigenvalue weighted by molar-refractivity contribution is 7.17. The van der Waals surface area contributed by atoms with E-state index in [4.69, 9.17) is 18.9 Å². The summed E-state index contributed by atoms with van der Waals surface area (Å²) in [6.07, 6.45) is 0. The quantitative estimate of drug-likeness (QED) is 0.195. The summed E-state index contributed by atoms with van der Waals surface area (Å²) in [6.45, 7) is 5.26. The molecule has 1 aromatic heterocycles. The van der Waals surface area contributed by atoms with E-state index in [1.165, 1.54) is 33.3 Å². The van der Waals surface area contributed by atoms with Gasteiger partial charge < -0.3 is 24.1 Å². The molecule has 10 nitrogen and oxygen atoms in total. The Labute approximate surface area is 229 Å². The fraction of sp³-hybridized carbons (Fsp3) is 0.286. The van der Waals surface area contributed by atoms with E-state index in [0.717, 1.165) is 16.9 Å². The molecule has 3 aromatic rings. The number of esters is 1. The van der Waals surface area contributed by atoms with E-state index in [1.807, 2.05) is 19.1 Å². The molecule has 0 spiro atoms. The molecule has 1 aliphatic rings. The lowest BCUT2D eigenvalue weighted by Crippen LogP contribution is -2.29. The predicted molar refractivity (Wildman–Crippen MR) is 145 cm³/mol. The smallest absolute Gasteiger partial charge is 0.350 e. The number of ketones is 1.